The third-order valence-electron chi connectivity index (χ3n) is 5.73. The molecule has 0 bridgehead atoms. The Labute approximate surface area is 178 Å². The van der Waals surface area contributed by atoms with Crippen LogP contribution in [-0.2, 0) is 11.3 Å². The predicted octanol–water partition coefficient (Wildman–Crippen LogP) is 2.08. The quantitative estimate of drug-likeness (QED) is 0.679. The van der Waals surface area contributed by atoms with Gasteiger partial charge in [-0.1, -0.05) is 24.1 Å². The fourth-order valence-corrected chi connectivity index (χ4v) is 3.97. The lowest BCUT2D eigenvalue weighted by Gasteiger charge is -2.17. The third-order valence-corrected chi connectivity index (χ3v) is 5.73. The molecule has 162 valence electrons. The Hall–Kier alpha value is -3.69. The van der Waals surface area contributed by atoms with E-state index in [1.54, 1.807) is 12.1 Å². The first-order chi connectivity index (χ1) is 14.8. The molecule has 31 heavy (non-hydrogen) atoms. The molecule has 2 aromatic rings. The second-order valence-electron chi connectivity index (χ2n) is 7.91. The highest BCUT2D eigenvalue weighted by molar-refractivity contribution is 6.04. The topological polar surface area (TPSA) is 139 Å². The number of amides is 5. The number of nitrogens with zero attached hydrogens (tertiary/aromatic N) is 3. The zero-order valence-electron chi connectivity index (χ0n) is 17.1. The zero-order valence-corrected chi connectivity index (χ0v) is 17.1. The summed E-state index contributed by atoms with van der Waals surface area (Å²) in [5.41, 5.74) is 7.04. The van der Waals surface area contributed by atoms with Crippen molar-refractivity contribution in [2.24, 2.45) is 5.73 Å². The van der Waals surface area contributed by atoms with Gasteiger partial charge in [-0.05, 0) is 30.5 Å². The van der Waals surface area contributed by atoms with Gasteiger partial charge < -0.3 is 20.5 Å². The number of aromatic nitrogens is 1. The molecule has 1 saturated heterocycles. The maximum Gasteiger partial charge on any atom is 0.327 e. The van der Waals surface area contributed by atoms with E-state index < -0.39 is 17.8 Å². The van der Waals surface area contributed by atoms with E-state index in [0.717, 1.165) is 36.3 Å². The van der Waals surface area contributed by atoms with Crippen molar-refractivity contribution in [3.63, 3.8) is 0 Å². The molecule has 5 amide bonds. The van der Waals surface area contributed by atoms with E-state index in [2.05, 4.69) is 10.5 Å². The fourth-order valence-electron chi connectivity index (χ4n) is 3.97. The SMILES string of the molecule is CN1CC(=O)N(Cc2ccc(C(N)=O)cc2NC(=O)c2cc(C3CCCC3)no2)C1=O. The van der Waals surface area contributed by atoms with Crippen molar-refractivity contribution in [3.05, 3.63) is 46.8 Å². The Kier molecular flexibility index (Phi) is 5.45. The molecule has 3 N–H and O–H groups in total. The molecule has 4 rings (SSSR count). The molecule has 2 aliphatic rings. The third kappa shape index (κ3) is 4.14. The summed E-state index contributed by atoms with van der Waals surface area (Å²) in [5, 5.41) is 6.72. The predicted molar refractivity (Wildman–Crippen MR) is 109 cm³/mol. The van der Waals surface area contributed by atoms with Crippen LogP contribution in [-0.4, -0.2) is 52.3 Å². The standard InChI is InChI=1S/C21H23N5O5/c1-25-11-18(27)26(21(25)30)10-14-7-6-13(19(22)28)8-15(14)23-20(29)17-9-16(24-31-17)12-4-2-3-5-12/h6-9,12H,2-5,10-11H2,1H3,(H2,22,28)(H,23,29). The van der Waals surface area contributed by atoms with E-state index in [-0.39, 0.29) is 36.0 Å². The van der Waals surface area contributed by atoms with E-state index in [1.807, 2.05) is 0 Å². The van der Waals surface area contributed by atoms with Gasteiger partial charge in [-0.3, -0.25) is 19.3 Å². The summed E-state index contributed by atoms with van der Waals surface area (Å²) in [7, 11) is 1.53. The van der Waals surface area contributed by atoms with Gasteiger partial charge in [-0.25, -0.2) is 4.79 Å². The number of likely N-dealkylation sites (N-methyl/N-ethyl adjacent to an activating group) is 1. The number of anilines is 1. The van der Waals surface area contributed by atoms with Gasteiger partial charge in [0.05, 0.1) is 12.2 Å². The van der Waals surface area contributed by atoms with Gasteiger partial charge in [0.2, 0.25) is 11.7 Å². The molecular weight excluding hydrogens is 402 g/mol. The van der Waals surface area contributed by atoms with Gasteiger partial charge in [-0.2, -0.15) is 0 Å². The largest absolute Gasteiger partial charge is 0.366 e. The molecule has 1 aliphatic heterocycles. The minimum atomic E-state index is -0.668. The van der Waals surface area contributed by atoms with Crippen LogP contribution in [0.15, 0.2) is 28.8 Å². The van der Waals surface area contributed by atoms with E-state index in [1.165, 1.54) is 24.1 Å². The van der Waals surface area contributed by atoms with Gasteiger partial charge in [0, 0.05) is 30.3 Å². The molecule has 0 atom stereocenters. The number of hydrogen-bond acceptors (Lipinski definition) is 6. The second kappa shape index (κ2) is 8.21. The van der Waals surface area contributed by atoms with Crippen LogP contribution in [0.4, 0.5) is 10.5 Å². The Morgan fingerprint density at radius 2 is 1.97 bits per heavy atom. The molecule has 10 heteroatoms. The Balaban J connectivity index is 1.57. The number of carbonyl (C=O) groups is 4. The molecule has 0 unspecified atom stereocenters. The average Bonchev–Trinajstić information content (AvgIpc) is 3.47. The number of rotatable bonds is 6. The van der Waals surface area contributed by atoms with Gasteiger partial charge >= 0.3 is 6.03 Å². The number of primary amides is 1. The summed E-state index contributed by atoms with van der Waals surface area (Å²) < 4.78 is 5.23. The molecule has 1 aliphatic carbocycles. The first-order valence-corrected chi connectivity index (χ1v) is 10.1. The summed E-state index contributed by atoms with van der Waals surface area (Å²) in [6.07, 6.45) is 4.30. The van der Waals surface area contributed by atoms with Crippen LogP contribution in [0.5, 0.6) is 0 Å². The van der Waals surface area contributed by atoms with Crippen LogP contribution < -0.4 is 11.1 Å². The molecule has 2 fully saturated rings. The van der Waals surface area contributed by atoms with Crippen LogP contribution >= 0.6 is 0 Å². The lowest BCUT2D eigenvalue weighted by atomic mass is 10.0. The molecule has 1 aromatic heterocycles. The number of nitrogens with two attached hydrogens (primary N) is 1. The smallest absolute Gasteiger partial charge is 0.327 e. The molecule has 1 saturated carbocycles. The van der Waals surface area contributed by atoms with Crippen LogP contribution in [0, 0.1) is 0 Å². The molecule has 0 spiro atoms. The van der Waals surface area contributed by atoms with Crippen LogP contribution in [0.2, 0.25) is 0 Å². The van der Waals surface area contributed by atoms with Crippen molar-refractivity contribution in [3.8, 4) is 0 Å². The normalized spacial score (nSPS) is 16.9. The van der Waals surface area contributed by atoms with Gasteiger partial charge in [0.15, 0.2) is 0 Å². The fraction of sp³-hybridized carbons (Fsp3) is 0.381. The number of imide groups is 1. The Bertz CT molecular complexity index is 1060. The summed E-state index contributed by atoms with van der Waals surface area (Å²) in [6.45, 7) is -0.0672. The number of benzene rings is 1. The number of nitrogens with one attached hydrogen (secondary N) is 1. The van der Waals surface area contributed by atoms with Gasteiger partial charge in [-0.15, -0.1) is 0 Å². The molecule has 2 heterocycles. The monoisotopic (exact) mass is 425 g/mol. The van der Waals surface area contributed by atoms with E-state index in [4.69, 9.17) is 10.3 Å². The summed E-state index contributed by atoms with van der Waals surface area (Å²) >= 11 is 0. The maximum absolute atomic E-state index is 12.8. The lowest BCUT2D eigenvalue weighted by Crippen LogP contribution is -2.31. The second-order valence-corrected chi connectivity index (χ2v) is 7.91. The van der Waals surface area contributed by atoms with E-state index in [9.17, 15) is 19.2 Å². The van der Waals surface area contributed by atoms with E-state index in [0.29, 0.717) is 11.5 Å². The van der Waals surface area contributed by atoms with Crippen molar-refractivity contribution in [2.45, 2.75) is 38.1 Å². The van der Waals surface area contributed by atoms with Gasteiger partial charge in [0.25, 0.3) is 11.8 Å². The first-order valence-electron chi connectivity index (χ1n) is 10.1. The highest BCUT2D eigenvalue weighted by Crippen LogP contribution is 2.33. The lowest BCUT2D eigenvalue weighted by molar-refractivity contribution is -0.125. The Morgan fingerprint density at radius 3 is 2.61 bits per heavy atom. The van der Waals surface area contributed by atoms with Crippen LogP contribution in [0.25, 0.3) is 0 Å². The van der Waals surface area contributed by atoms with Crippen molar-refractivity contribution in [1.82, 2.24) is 15.0 Å². The van der Waals surface area contributed by atoms with Crippen molar-refractivity contribution >= 4 is 29.4 Å². The number of urea groups is 1. The van der Waals surface area contributed by atoms with Crippen LogP contribution in [0.1, 0.15) is 63.8 Å². The van der Waals surface area contributed by atoms with Crippen molar-refractivity contribution < 1.29 is 23.7 Å². The first kappa shape index (κ1) is 20.6. The average molecular weight is 425 g/mol. The zero-order chi connectivity index (χ0) is 22.1. The highest BCUT2D eigenvalue weighted by atomic mass is 16.5. The minimum absolute atomic E-state index is 0.0120. The molecule has 0 radical (unpaired) electrons. The number of carbonyl (C=O) groups excluding carboxylic acids is 4. The summed E-state index contributed by atoms with van der Waals surface area (Å²) in [4.78, 5) is 51.1. The highest BCUT2D eigenvalue weighted by Gasteiger charge is 2.34. The molecule has 1 aromatic carbocycles. The van der Waals surface area contributed by atoms with Gasteiger partial charge in [0.1, 0.15) is 6.54 Å². The molecular formula is C21H23N5O5. The van der Waals surface area contributed by atoms with Crippen molar-refractivity contribution in [2.75, 3.05) is 18.9 Å². The molecule has 10 nitrogen and oxygen atoms in total. The summed E-state index contributed by atoms with van der Waals surface area (Å²) in [6, 6.07) is 5.65. The minimum Gasteiger partial charge on any atom is -0.366 e. The van der Waals surface area contributed by atoms with Crippen molar-refractivity contribution in [1.29, 1.82) is 0 Å². The maximum atomic E-state index is 12.8. The van der Waals surface area contributed by atoms with Crippen LogP contribution in [0.3, 0.4) is 0 Å². The van der Waals surface area contributed by atoms with E-state index >= 15 is 0 Å². The number of hydrogen-bond donors (Lipinski definition) is 2. The Morgan fingerprint density at radius 1 is 1.23 bits per heavy atom. The summed E-state index contributed by atoms with van der Waals surface area (Å²) in [5.74, 6) is -1.22.